The van der Waals surface area contributed by atoms with Gasteiger partial charge in [0, 0.05) is 18.8 Å². The van der Waals surface area contributed by atoms with E-state index in [1.165, 1.54) is 11.1 Å². The van der Waals surface area contributed by atoms with Crippen molar-refractivity contribution in [3.8, 4) is 0 Å². The van der Waals surface area contributed by atoms with Crippen molar-refractivity contribution in [3.05, 3.63) is 35.4 Å². The van der Waals surface area contributed by atoms with Crippen molar-refractivity contribution in [1.82, 2.24) is 4.90 Å². The zero-order chi connectivity index (χ0) is 13.7. The molecule has 104 valence electrons. The van der Waals surface area contributed by atoms with E-state index in [0.717, 1.165) is 25.1 Å². The molecule has 0 bridgehead atoms. The molecule has 1 aliphatic rings. The fourth-order valence-corrected chi connectivity index (χ4v) is 3.21. The predicted molar refractivity (Wildman–Crippen MR) is 79.2 cm³/mol. The van der Waals surface area contributed by atoms with Gasteiger partial charge < -0.3 is 10.0 Å². The molecule has 0 saturated carbocycles. The number of aliphatic hydroxyl groups excluding tert-OH is 1. The van der Waals surface area contributed by atoms with Crippen LogP contribution in [0.4, 0.5) is 0 Å². The van der Waals surface area contributed by atoms with Crippen molar-refractivity contribution in [2.75, 3.05) is 18.8 Å². The minimum Gasteiger partial charge on any atom is -0.391 e. The number of rotatable bonds is 4. The largest absolute Gasteiger partial charge is 0.391 e. The van der Waals surface area contributed by atoms with E-state index >= 15 is 0 Å². The Kier molecular flexibility index (Phi) is 5.28. The molecule has 19 heavy (non-hydrogen) atoms. The third kappa shape index (κ3) is 4.55. The van der Waals surface area contributed by atoms with Crippen LogP contribution in [0.5, 0.6) is 0 Å². The second-order valence-corrected chi connectivity index (χ2v) is 6.10. The summed E-state index contributed by atoms with van der Waals surface area (Å²) >= 11 is 1.65. The first-order valence-electron chi connectivity index (χ1n) is 6.74. The average molecular weight is 279 g/mol. The summed E-state index contributed by atoms with van der Waals surface area (Å²) in [5.41, 5.74) is 2.51. The summed E-state index contributed by atoms with van der Waals surface area (Å²) in [5.74, 6) is 1.51. The first kappa shape index (κ1) is 14.4. The molecule has 1 unspecified atom stereocenters. The smallest absolute Gasteiger partial charge is 0.232 e. The molecule has 1 heterocycles. The van der Waals surface area contributed by atoms with Gasteiger partial charge in [0.1, 0.15) is 0 Å². The predicted octanol–water partition coefficient (Wildman–Crippen LogP) is 2.21. The highest BCUT2D eigenvalue weighted by atomic mass is 32.2. The van der Waals surface area contributed by atoms with E-state index in [1.54, 1.807) is 16.7 Å². The average Bonchev–Trinajstić information content (AvgIpc) is 2.38. The Balaban J connectivity index is 1.74. The molecule has 1 amide bonds. The number of hydrogen-bond acceptors (Lipinski definition) is 3. The van der Waals surface area contributed by atoms with Crippen molar-refractivity contribution >= 4 is 17.7 Å². The number of β-amino-alcohol motifs (C(OH)–C–C–N with tert-alkyl or cyclic N) is 1. The Bertz CT molecular complexity index is 436. The van der Waals surface area contributed by atoms with Gasteiger partial charge in [-0.15, -0.1) is 11.8 Å². The van der Waals surface area contributed by atoms with Crippen molar-refractivity contribution in [2.45, 2.75) is 31.6 Å². The Hall–Kier alpha value is -1.00. The van der Waals surface area contributed by atoms with E-state index < -0.39 is 0 Å². The maximum absolute atomic E-state index is 12.0. The molecule has 4 heteroatoms. The van der Waals surface area contributed by atoms with E-state index in [2.05, 4.69) is 25.1 Å². The second-order valence-electron chi connectivity index (χ2n) is 5.12. The number of aliphatic hydroxyl groups is 1. The maximum atomic E-state index is 12.0. The van der Waals surface area contributed by atoms with E-state index in [9.17, 15) is 9.90 Å². The van der Waals surface area contributed by atoms with Gasteiger partial charge in [0.25, 0.3) is 0 Å². The molecule has 1 aromatic rings. The molecule has 1 N–H and O–H groups in total. The minimum absolute atomic E-state index is 0.149. The summed E-state index contributed by atoms with van der Waals surface area (Å²) < 4.78 is 0. The minimum atomic E-state index is -0.334. The summed E-state index contributed by atoms with van der Waals surface area (Å²) in [4.78, 5) is 13.8. The molecule has 2 rings (SSSR count). The molecule has 0 spiro atoms. The SMILES string of the molecule is Cc1cccc(CSCC(=O)N2CCCC(O)C2)c1. The molecule has 1 atom stereocenters. The number of thioether (sulfide) groups is 1. The van der Waals surface area contributed by atoms with Gasteiger partial charge in [-0.3, -0.25) is 4.79 Å². The number of piperidine rings is 1. The zero-order valence-electron chi connectivity index (χ0n) is 11.3. The summed E-state index contributed by atoms with van der Waals surface area (Å²) in [6.45, 7) is 3.37. The molecule has 3 nitrogen and oxygen atoms in total. The number of aryl methyl sites for hydroxylation is 1. The molecule has 1 fully saturated rings. The Labute approximate surface area is 119 Å². The lowest BCUT2D eigenvalue weighted by Gasteiger charge is -2.30. The van der Waals surface area contributed by atoms with Crippen LogP contribution in [0.3, 0.4) is 0 Å². The third-order valence-corrected chi connectivity index (χ3v) is 4.31. The van der Waals surface area contributed by atoms with Crippen LogP contribution in [0.15, 0.2) is 24.3 Å². The fraction of sp³-hybridized carbons (Fsp3) is 0.533. The van der Waals surface area contributed by atoms with Crippen LogP contribution in [-0.2, 0) is 10.5 Å². The van der Waals surface area contributed by atoms with Crippen molar-refractivity contribution < 1.29 is 9.90 Å². The summed E-state index contributed by atoms with van der Waals surface area (Å²) in [7, 11) is 0. The van der Waals surface area contributed by atoms with Crippen molar-refractivity contribution in [2.24, 2.45) is 0 Å². The van der Waals surface area contributed by atoms with Crippen LogP contribution >= 0.6 is 11.8 Å². The summed E-state index contributed by atoms with van der Waals surface area (Å²) in [6, 6.07) is 8.37. The quantitative estimate of drug-likeness (QED) is 0.918. The highest BCUT2D eigenvalue weighted by Gasteiger charge is 2.21. The van der Waals surface area contributed by atoms with Gasteiger partial charge in [-0.1, -0.05) is 29.8 Å². The molecule has 0 aliphatic carbocycles. The van der Waals surface area contributed by atoms with Gasteiger partial charge in [0.15, 0.2) is 0 Å². The Morgan fingerprint density at radius 3 is 3.11 bits per heavy atom. The zero-order valence-corrected chi connectivity index (χ0v) is 12.2. The topological polar surface area (TPSA) is 40.5 Å². The first-order valence-corrected chi connectivity index (χ1v) is 7.90. The van der Waals surface area contributed by atoms with Gasteiger partial charge in [0.05, 0.1) is 11.9 Å². The Morgan fingerprint density at radius 1 is 1.53 bits per heavy atom. The van der Waals surface area contributed by atoms with E-state index in [1.807, 2.05) is 6.07 Å². The monoisotopic (exact) mass is 279 g/mol. The molecule has 1 saturated heterocycles. The first-order chi connectivity index (χ1) is 9.15. The highest BCUT2D eigenvalue weighted by molar-refractivity contribution is 7.99. The van der Waals surface area contributed by atoms with Crippen LogP contribution in [0.2, 0.25) is 0 Å². The lowest BCUT2D eigenvalue weighted by Crippen LogP contribution is -2.43. The molecule has 1 aliphatic heterocycles. The number of carbonyl (C=O) groups is 1. The number of likely N-dealkylation sites (tertiary alicyclic amines) is 1. The fourth-order valence-electron chi connectivity index (χ4n) is 2.33. The summed E-state index contributed by atoms with van der Waals surface area (Å²) in [5, 5.41) is 9.56. The van der Waals surface area contributed by atoms with Crippen LogP contribution in [0, 0.1) is 6.92 Å². The third-order valence-electron chi connectivity index (χ3n) is 3.33. The number of nitrogens with zero attached hydrogens (tertiary/aromatic N) is 1. The standard InChI is InChI=1S/C15H21NO2S/c1-12-4-2-5-13(8-12)10-19-11-15(18)16-7-3-6-14(17)9-16/h2,4-5,8,14,17H,3,6-7,9-11H2,1H3. The van der Waals surface area contributed by atoms with Gasteiger partial charge in [0.2, 0.25) is 5.91 Å². The van der Waals surface area contributed by atoms with Gasteiger partial charge >= 0.3 is 0 Å². The van der Waals surface area contributed by atoms with Crippen molar-refractivity contribution in [3.63, 3.8) is 0 Å². The van der Waals surface area contributed by atoms with Crippen LogP contribution < -0.4 is 0 Å². The number of amides is 1. The normalized spacial score (nSPS) is 19.5. The van der Waals surface area contributed by atoms with E-state index in [-0.39, 0.29) is 12.0 Å². The van der Waals surface area contributed by atoms with Crippen LogP contribution in [0.1, 0.15) is 24.0 Å². The molecule has 1 aromatic carbocycles. The van der Waals surface area contributed by atoms with E-state index in [0.29, 0.717) is 12.3 Å². The van der Waals surface area contributed by atoms with Crippen LogP contribution in [0.25, 0.3) is 0 Å². The van der Waals surface area contributed by atoms with Crippen LogP contribution in [-0.4, -0.2) is 40.9 Å². The number of hydrogen-bond donors (Lipinski definition) is 1. The Morgan fingerprint density at radius 2 is 2.37 bits per heavy atom. The lowest BCUT2D eigenvalue weighted by molar-refractivity contribution is -0.131. The molecular formula is C15H21NO2S. The number of benzene rings is 1. The molecule has 0 radical (unpaired) electrons. The van der Waals surface area contributed by atoms with Gasteiger partial charge in [-0.2, -0.15) is 0 Å². The van der Waals surface area contributed by atoms with Gasteiger partial charge in [-0.05, 0) is 25.3 Å². The maximum Gasteiger partial charge on any atom is 0.232 e. The molecule has 0 aromatic heterocycles. The highest BCUT2D eigenvalue weighted by Crippen LogP contribution is 2.16. The van der Waals surface area contributed by atoms with E-state index in [4.69, 9.17) is 0 Å². The van der Waals surface area contributed by atoms with Crippen molar-refractivity contribution in [1.29, 1.82) is 0 Å². The second kappa shape index (κ2) is 6.96. The van der Waals surface area contributed by atoms with Gasteiger partial charge in [-0.25, -0.2) is 0 Å². The number of carbonyl (C=O) groups excluding carboxylic acids is 1. The molecular weight excluding hydrogens is 258 g/mol. The lowest BCUT2D eigenvalue weighted by atomic mass is 10.1. The summed E-state index contributed by atoms with van der Waals surface area (Å²) in [6.07, 6.45) is 1.40.